The first-order valence-corrected chi connectivity index (χ1v) is 4.94. The number of carbonyl (C=O) groups excluding carboxylic acids is 1. The van der Waals surface area contributed by atoms with Gasteiger partial charge in [-0.2, -0.15) is 5.10 Å². The Morgan fingerprint density at radius 1 is 1.41 bits per heavy atom. The van der Waals surface area contributed by atoms with Crippen molar-refractivity contribution in [3.05, 3.63) is 18.5 Å². The molecule has 0 aliphatic heterocycles. The molecule has 0 aliphatic rings. The number of hydrogen-bond donors (Lipinski definition) is 2. The van der Waals surface area contributed by atoms with E-state index in [4.69, 9.17) is 5.11 Å². The molecule has 1 rings (SSSR count). The van der Waals surface area contributed by atoms with Crippen molar-refractivity contribution in [3.63, 3.8) is 0 Å². The molecule has 0 bridgehead atoms. The van der Waals surface area contributed by atoms with Crippen LogP contribution >= 0.6 is 0 Å². The first kappa shape index (κ1) is 12.9. The van der Waals surface area contributed by atoms with Crippen LogP contribution in [0.1, 0.15) is 20.8 Å². The minimum absolute atomic E-state index is 0.137. The van der Waals surface area contributed by atoms with E-state index in [1.165, 1.54) is 17.1 Å². The smallest absolute Gasteiger partial charge is 0.434 e. The third-order valence-electron chi connectivity index (χ3n) is 1.83. The van der Waals surface area contributed by atoms with Gasteiger partial charge in [-0.05, 0) is 6.07 Å². The summed E-state index contributed by atoms with van der Waals surface area (Å²) in [4.78, 5) is 25.6. The van der Waals surface area contributed by atoms with Crippen LogP contribution in [-0.2, 0) is 4.79 Å². The van der Waals surface area contributed by atoms with Gasteiger partial charge < -0.3 is 5.11 Å². The maximum absolute atomic E-state index is 11.7. The molecular weight excluding hydrogens is 224 g/mol. The van der Waals surface area contributed by atoms with Crippen LogP contribution in [0.25, 0.3) is 0 Å². The van der Waals surface area contributed by atoms with Crippen LogP contribution in [0.5, 0.6) is 0 Å². The monoisotopic (exact) mass is 238 g/mol. The summed E-state index contributed by atoms with van der Waals surface area (Å²) >= 11 is 0. The highest BCUT2D eigenvalue weighted by molar-refractivity contribution is 6.02. The Bertz CT molecular complexity index is 443. The van der Waals surface area contributed by atoms with E-state index in [-0.39, 0.29) is 11.9 Å². The van der Waals surface area contributed by atoms with Gasteiger partial charge in [-0.15, -0.1) is 4.99 Å². The van der Waals surface area contributed by atoms with Gasteiger partial charge in [-0.25, -0.2) is 9.48 Å². The van der Waals surface area contributed by atoms with E-state index in [0.717, 1.165) is 0 Å². The Kier molecular flexibility index (Phi) is 3.62. The largest absolute Gasteiger partial charge is 0.463 e. The Morgan fingerprint density at radius 3 is 2.47 bits per heavy atom. The first-order chi connectivity index (χ1) is 7.80. The maximum Gasteiger partial charge on any atom is 0.434 e. The summed E-state index contributed by atoms with van der Waals surface area (Å²) in [7, 11) is 0. The standard InChI is InChI=1S/C10H14N4O3/c1-10(2,3)7(15)12-8(13-9(16)17)14-6-4-5-11-14/h4-6H,1-3H3,(H,16,17)(H,12,13,15). The zero-order chi connectivity index (χ0) is 13.1. The topological polar surface area (TPSA) is 96.6 Å². The molecule has 2 amide bonds. The molecule has 2 N–H and O–H groups in total. The summed E-state index contributed by atoms with van der Waals surface area (Å²) < 4.78 is 1.18. The summed E-state index contributed by atoms with van der Waals surface area (Å²) in [5.74, 6) is -0.476. The highest BCUT2D eigenvalue weighted by Crippen LogP contribution is 2.12. The number of nitrogens with one attached hydrogen (secondary N) is 1. The van der Waals surface area contributed by atoms with Gasteiger partial charge in [0.2, 0.25) is 11.9 Å². The lowest BCUT2D eigenvalue weighted by Crippen LogP contribution is -2.42. The van der Waals surface area contributed by atoms with Gasteiger partial charge in [-0.3, -0.25) is 10.1 Å². The third kappa shape index (κ3) is 3.71. The van der Waals surface area contributed by atoms with E-state index in [1.54, 1.807) is 26.8 Å². The summed E-state index contributed by atoms with van der Waals surface area (Å²) in [6, 6.07) is 1.60. The van der Waals surface area contributed by atoms with Crippen LogP contribution in [0.2, 0.25) is 0 Å². The highest BCUT2D eigenvalue weighted by Gasteiger charge is 2.23. The average molecular weight is 238 g/mol. The van der Waals surface area contributed by atoms with E-state index in [9.17, 15) is 9.59 Å². The van der Waals surface area contributed by atoms with Crippen molar-refractivity contribution >= 4 is 18.0 Å². The molecule has 0 saturated carbocycles. The van der Waals surface area contributed by atoms with E-state index >= 15 is 0 Å². The molecule has 17 heavy (non-hydrogen) atoms. The second-order valence-electron chi connectivity index (χ2n) is 4.37. The van der Waals surface area contributed by atoms with Gasteiger partial charge in [0.1, 0.15) is 0 Å². The molecule has 1 aromatic rings. The average Bonchev–Trinajstić information content (AvgIpc) is 2.66. The molecule has 1 heterocycles. The van der Waals surface area contributed by atoms with Gasteiger partial charge in [0.05, 0.1) is 0 Å². The summed E-state index contributed by atoms with van der Waals surface area (Å²) in [6.45, 7) is 5.14. The molecule has 7 heteroatoms. The molecule has 0 radical (unpaired) electrons. The first-order valence-electron chi connectivity index (χ1n) is 4.94. The van der Waals surface area contributed by atoms with E-state index < -0.39 is 11.5 Å². The summed E-state index contributed by atoms with van der Waals surface area (Å²) in [6.07, 6.45) is 1.55. The van der Waals surface area contributed by atoms with Crippen molar-refractivity contribution in [2.24, 2.45) is 10.4 Å². The van der Waals surface area contributed by atoms with Crippen LogP contribution in [0.15, 0.2) is 23.5 Å². The zero-order valence-corrected chi connectivity index (χ0v) is 9.84. The van der Waals surface area contributed by atoms with Crippen LogP contribution in [0.3, 0.4) is 0 Å². The number of carboxylic acid groups (broad SMARTS) is 1. The summed E-state index contributed by atoms with van der Waals surface area (Å²) in [5.41, 5.74) is -0.646. The number of rotatable bonds is 0. The fourth-order valence-electron chi connectivity index (χ4n) is 0.910. The highest BCUT2D eigenvalue weighted by atomic mass is 16.4. The van der Waals surface area contributed by atoms with Crippen molar-refractivity contribution in [2.45, 2.75) is 20.8 Å². The predicted molar refractivity (Wildman–Crippen MR) is 60.7 cm³/mol. The van der Waals surface area contributed by atoms with Crippen LogP contribution in [-0.4, -0.2) is 32.8 Å². The third-order valence-corrected chi connectivity index (χ3v) is 1.83. The SMILES string of the molecule is CC(C)(C)C(=O)NC(=NC(=O)O)n1cccn1. The molecule has 0 aliphatic carbocycles. The molecule has 0 unspecified atom stereocenters. The number of amides is 2. The normalized spacial score (nSPS) is 12.3. The molecule has 0 saturated heterocycles. The summed E-state index contributed by atoms with van der Waals surface area (Å²) in [5, 5.41) is 14.9. The molecule has 0 atom stereocenters. The predicted octanol–water partition coefficient (Wildman–Crippen LogP) is 0.927. The minimum Gasteiger partial charge on any atom is -0.463 e. The Balaban J connectivity index is 2.95. The number of carbonyl (C=O) groups is 2. The van der Waals surface area contributed by atoms with Gasteiger partial charge in [0.25, 0.3) is 0 Å². The molecule has 92 valence electrons. The van der Waals surface area contributed by atoms with E-state index in [2.05, 4.69) is 15.4 Å². The fourth-order valence-corrected chi connectivity index (χ4v) is 0.910. The Morgan fingerprint density at radius 2 is 2.06 bits per heavy atom. The lowest BCUT2D eigenvalue weighted by atomic mass is 9.96. The van der Waals surface area contributed by atoms with E-state index in [0.29, 0.717) is 0 Å². The molecule has 0 aromatic carbocycles. The lowest BCUT2D eigenvalue weighted by Gasteiger charge is -2.18. The van der Waals surface area contributed by atoms with Gasteiger partial charge >= 0.3 is 6.09 Å². The number of nitrogens with zero attached hydrogens (tertiary/aromatic N) is 3. The van der Waals surface area contributed by atoms with Gasteiger partial charge in [0.15, 0.2) is 0 Å². The van der Waals surface area contributed by atoms with Gasteiger partial charge in [0, 0.05) is 17.8 Å². The van der Waals surface area contributed by atoms with Crippen LogP contribution in [0.4, 0.5) is 4.79 Å². The lowest BCUT2D eigenvalue weighted by molar-refractivity contribution is -0.127. The maximum atomic E-state index is 11.7. The van der Waals surface area contributed by atoms with Crippen molar-refractivity contribution in [3.8, 4) is 0 Å². The van der Waals surface area contributed by atoms with Crippen molar-refractivity contribution in [2.75, 3.05) is 0 Å². The van der Waals surface area contributed by atoms with Crippen LogP contribution < -0.4 is 5.32 Å². The zero-order valence-electron chi connectivity index (χ0n) is 9.84. The second-order valence-corrected chi connectivity index (χ2v) is 4.37. The molecule has 0 fully saturated rings. The fraction of sp³-hybridized carbons (Fsp3) is 0.400. The Hall–Kier alpha value is -2.18. The minimum atomic E-state index is -1.40. The van der Waals surface area contributed by atoms with Crippen LogP contribution in [0, 0.1) is 5.41 Å². The van der Waals surface area contributed by atoms with E-state index in [1.807, 2.05) is 0 Å². The second kappa shape index (κ2) is 4.77. The molecule has 0 spiro atoms. The Labute approximate surface area is 98.2 Å². The van der Waals surface area contributed by atoms with Gasteiger partial charge in [-0.1, -0.05) is 20.8 Å². The van der Waals surface area contributed by atoms with Crippen molar-refractivity contribution in [1.82, 2.24) is 15.1 Å². The van der Waals surface area contributed by atoms with Crippen molar-refractivity contribution < 1.29 is 14.7 Å². The quantitative estimate of drug-likeness (QED) is 0.519. The number of hydrogen-bond acceptors (Lipinski definition) is 3. The number of aromatic nitrogens is 2. The molecular formula is C10H14N4O3. The number of aliphatic imine (C=N–C) groups is 1. The molecule has 7 nitrogen and oxygen atoms in total. The van der Waals surface area contributed by atoms with Crippen molar-refractivity contribution in [1.29, 1.82) is 0 Å². The molecule has 1 aromatic heterocycles.